The molecule has 0 aliphatic rings. The van der Waals surface area contributed by atoms with Gasteiger partial charge in [-0.05, 0) is 31.2 Å². The first-order chi connectivity index (χ1) is 11.5. The lowest BCUT2D eigenvalue weighted by Gasteiger charge is -2.16. The largest absolute Gasteiger partial charge is 0.381 e. The minimum absolute atomic E-state index is 0.931. The number of hydrogen-bond acceptors (Lipinski definition) is 1. The molecule has 1 aromatic carbocycles. The summed E-state index contributed by atoms with van der Waals surface area (Å²) in [5.41, 5.74) is 1.52. The fourth-order valence-electron chi connectivity index (χ4n) is 3.01. The first-order valence-corrected chi connectivity index (χ1v) is 13.7. The smallest absolute Gasteiger partial charge is 0.0775 e. The summed E-state index contributed by atoms with van der Waals surface area (Å²) in [5.74, 6) is 0. The van der Waals surface area contributed by atoms with E-state index in [1.165, 1.54) is 63.4 Å². The van der Waals surface area contributed by atoms with Crippen molar-refractivity contribution in [2.75, 3.05) is 13.2 Å². The highest BCUT2D eigenvalue weighted by atomic mass is 28.3. The van der Waals surface area contributed by atoms with Gasteiger partial charge in [-0.2, -0.15) is 0 Å². The van der Waals surface area contributed by atoms with Crippen molar-refractivity contribution in [1.82, 2.24) is 0 Å². The molecule has 1 nitrogen and oxygen atoms in total. The zero-order chi connectivity index (χ0) is 17.7. The van der Waals surface area contributed by atoms with Crippen LogP contribution in [0.25, 0.3) is 0 Å². The summed E-state index contributed by atoms with van der Waals surface area (Å²) in [4.78, 5) is 0. The molecule has 0 aromatic heterocycles. The summed E-state index contributed by atoms with van der Waals surface area (Å²) in [6.07, 6.45) is 13.3. The van der Waals surface area contributed by atoms with Crippen molar-refractivity contribution in [2.24, 2.45) is 0 Å². The van der Waals surface area contributed by atoms with E-state index in [2.05, 4.69) is 50.8 Å². The average molecular weight is 349 g/mol. The Balaban J connectivity index is 1.95. The Morgan fingerprint density at radius 3 is 1.79 bits per heavy atom. The van der Waals surface area contributed by atoms with E-state index in [9.17, 15) is 0 Å². The van der Waals surface area contributed by atoms with Gasteiger partial charge in [0.15, 0.2) is 0 Å². The van der Waals surface area contributed by atoms with E-state index in [4.69, 9.17) is 4.74 Å². The number of rotatable bonds is 14. The minimum atomic E-state index is -1.13. The van der Waals surface area contributed by atoms with Crippen LogP contribution in [0.2, 0.25) is 19.6 Å². The zero-order valence-electron chi connectivity index (χ0n) is 16.7. The molecule has 0 bridgehead atoms. The Labute approximate surface area is 152 Å². The molecular weight excluding hydrogens is 308 g/mol. The van der Waals surface area contributed by atoms with E-state index in [0.29, 0.717) is 0 Å². The second-order valence-corrected chi connectivity index (χ2v) is 13.2. The first-order valence-electron chi connectivity index (χ1n) is 10.2. The fraction of sp³-hybridized carbons (Fsp3) is 0.727. The van der Waals surface area contributed by atoms with Gasteiger partial charge in [-0.1, -0.05) is 94.5 Å². The topological polar surface area (TPSA) is 9.23 Å². The third-order valence-corrected chi connectivity index (χ3v) is 6.74. The van der Waals surface area contributed by atoms with Crippen LogP contribution in [0.5, 0.6) is 0 Å². The van der Waals surface area contributed by atoms with Crippen molar-refractivity contribution in [1.29, 1.82) is 0 Å². The summed E-state index contributed by atoms with van der Waals surface area (Å²) in [7, 11) is -1.13. The van der Waals surface area contributed by atoms with E-state index in [1.54, 1.807) is 5.19 Å². The number of aryl methyl sites for hydroxylation is 1. The van der Waals surface area contributed by atoms with Gasteiger partial charge in [-0.15, -0.1) is 0 Å². The second-order valence-electron chi connectivity index (χ2n) is 8.14. The Bertz CT molecular complexity index is 405. The van der Waals surface area contributed by atoms with Crippen LogP contribution in [0.4, 0.5) is 0 Å². The van der Waals surface area contributed by atoms with E-state index in [-0.39, 0.29) is 0 Å². The summed E-state index contributed by atoms with van der Waals surface area (Å²) in [5, 5.41) is 1.58. The Morgan fingerprint density at radius 2 is 1.25 bits per heavy atom. The average Bonchev–Trinajstić information content (AvgIpc) is 2.55. The number of ether oxygens (including phenoxy) is 1. The van der Waals surface area contributed by atoms with Crippen molar-refractivity contribution in [2.45, 2.75) is 90.8 Å². The number of unbranched alkanes of at least 4 members (excludes halogenated alkanes) is 7. The summed E-state index contributed by atoms with van der Waals surface area (Å²) in [6.45, 7) is 11.3. The minimum Gasteiger partial charge on any atom is -0.381 e. The molecule has 1 rings (SSSR count). The first kappa shape index (κ1) is 21.4. The molecule has 0 saturated heterocycles. The lowest BCUT2D eigenvalue weighted by molar-refractivity contribution is 0.130. The van der Waals surface area contributed by atoms with E-state index in [0.717, 1.165) is 19.6 Å². The van der Waals surface area contributed by atoms with E-state index >= 15 is 0 Å². The van der Waals surface area contributed by atoms with Crippen LogP contribution in [0.1, 0.15) is 70.3 Å². The molecule has 0 heterocycles. The maximum absolute atomic E-state index is 5.51. The molecule has 138 valence electrons. The molecule has 24 heavy (non-hydrogen) atoms. The lowest BCUT2D eigenvalue weighted by atomic mass is 10.0. The molecule has 0 fully saturated rings. The van der Waals surface area contributed by atoms with Gasteiger partial charge in [0.1, 0.15) is 0 Å². The van der Waals surface area contributed by atoms with Crippen molar-refractivity contribution < 1.29 is 4.74 Å². The van der Waals surface area contributed by atoms with Crippen molar-refractivity contribution in [3.8, 4) is 0 Å². The van der Waals surface area contributed by atoms with Gasteiger partial charge in [0.25, 0.3) is 0 Å². The predicted octanol–water partition coefficient (Wildman–Crippen LogP) is 6.32. The van der Waals surface area contributed by atoms with Gasteiger partial charge in [0, 0.05) is 13.2 Å². The van der Waals surface area contributed by atoms with Crippen LogP contribution in [0.3, 0.4) is 0 Å². The maximum Gasteiger partial charge on any atom is 0.0775 e. The molecule has 0 unspecified atom stereocenters. The highest BCUT2D eigenvalue weighted by Crippen LogP contribution is 2.12. The van der Waals surface area contributed by atoms with Gasteiger partial charge >= 0.3 is 0 Å². The lowest BCUT2D eigenvalue weighted by Crippen LogP contribution is -2.37. The molecule has 1 aromatic rings. The summed E-state index contributed by atoms with van der Waals surface area (Å²) >= 11 is 0. The van der Waals surface area contributed by atoms with Gasteiger partial charge in [-0.25, -0.2) is 0 Å². The molecule has 0 amide bonds. The second kappa shape index (κ2) is 12.7. The Hall–Kier alpha value is -0.603. The number of benzene rings is 1. The number of hydrogen-bond donors (Lipinski definition) is 0. The van der Waals surface area contributed by atoms with Crippen LogP contribution in [0.15, 0.2) is 24.3 Å². The Kier molecular flexibility index (Phi) is 11.4. The summed E-state index contributed by atoms with van der Waals surface area (Å²) < 4.78 is 5.51. The fourth-order valence-corrected chi connectivity index (χ4v) is 4.18. The van der Waals surface area contributed by atoms with Crippen LogP contribution < -0.4 is 5.19 Å². The molecule has 0 aliphatic carbocycles. The van der Waals surface area contributed by atoms with E-state index < -0.39 is 8.07 Å². The molecule has 0 N–H and O–H groups in total. The van der Waals surface area contributed by atoms with Crippen LogP contribution >= 0.6 is 0 Å². The van der Waals surface area contributed by atoms with Gasteiger partial charge < -0.3 is 4.74 Å². The molecular formula is C22H40OSi. The zero-order valence-corrected chi connectivity index (χ0v) is 17.7. The molecule has 0 spiro atoms. The SMILES string of the molecule is CCCOCCCCCCCCCCc1ccc([Si](C)(C)C)cc1. The molecule has 2 heteroatoms. The molecule has 0 aliphatic heterocycles. The highest BCUT2D eigenvalue weighted by Gasteiger charge is 2.15. The van der Waals surface area contributed by atoms with Gasteiger partial charge in [0.05, 0.1) is 8.07 Å². The van der Waals surface area contributed by atoms with Crippen molar-refractivity contribution >= 4 is 13.3 Å². The van der Waals surface area contributed by atoms with Crippen molar-refractivity contribution in [3.05, 3.63) is 29.8 Å². The highest BCUT2D eigenvalue weighted by molar-refractivity contribution is 6.88. The maximum atomic E-state index is 5.51. The normalized spacial score (nSPS) is 11.8. The van der Waals surface area contributed by atoms with Crippen LogP contribution in [-0.4, -0.2) is 21.3 Å². The standard InChI is InChI=1S/C22H40OSi/c1-5-19-23-20-13-11-9-7-6-8-10-12-14-21-15-17-22(18-16-21)24(2,3)4/h15-18H,5-14,19-20H2,1-4H3. The Morgan fingerprint density at radius 1 is 0.708 bits per heavy atom. The third-order valence-electron chi connectivity index (χ3n) is 4.67. The van der Waals surface area contributed by atoms with Gasteiger partial charge in [-0.3, -0.25) is 0 Å². The molecule has 0 atom stereocenters. The van der Waals surface area contributed by atoms with Crippen molar-refractivity contribution in [3.63, 3.8) is 0 Å². The molecule has 0 saturated carbocycles. The van der Waals surface area contributed by atoms with E-state index in [1.807, 2.05) is 0 Å². The summed E-state index contributed by atoms with van der Waals surface area (Å²) in [6, 6.07) is 9.44. The monoisotopic (exact) mass is 348 g/mol. The van der Waals surface area contributed by atoms with Crippen LogP contribution in [-0.2, 0) is 11.2 Å². The quantitative estimate of drug-likeness (QED) is 0.282. The predicted molar refractivity (Wildman–Crippen MR) is 111 cm³/mol. The van der Waals surface area contributed by atoms with Crippen LogP contribution in [0, 0.1) is 0 Å². The molecule has 0 radical (unpaired) electrons. The van der Waals surface area contributed by atoms with Gasteiger partial charge in [0.2, 0.25) is 0 Å². The third kappa shape index (κ3) is 10.3.